The fourth-order valence-electron chi connectivity index (χ4n) is 4.97. The van der Waals surface area contributed by atoms with E-state index in [1.165, 1.54) is 23.3 Å². The van der Waals surface area contributed by atoms with Crippen LogP contribution < -0.4 is 5.32 Å². The Hall–Kier alpha value is -1.73. The molecule has 0 saturated carbocycles. The van der Waals surface area contributed by atoms with Crippen LogP contribution in [0.5, 0.6) is 0 Å². The average molecular weight is 442 g/mol. The van der Waals surface area contributed by atoms with Crippen molar-refractivity contribution < 1.29 is 9.53 Å². The first-order valence-electron chi connectivity index (χ1n) is 11.5. The second kappa shape index (κ2) is 10.3. The molecule has 4 atom stereocenters. The first-order chi connectivity index (χ1) is 15.0. The van der Waals surface area contributed by atoms with Crippen molar-refractivity contribution in [3.05, 3.63) is 57.8 Å². The Kier molecular flexibility index (Phi) is 7.43. The lowest BCUT2D eigenvalue weighted by Gasteiger charge is -2.38. The molecule has 4 rings (SSSR count). The van der Waals surface area contributed by atoms with Crippen molar-refractivity contribution in [3.63, 3.8) is 0 Å². The van der Waals surface area contributed by atoms with E-state index in [-0.39, 0.29) is 24.2 Å². The van der Waals surface area contributed by atoms with Crippen LogP contribution in [0.4, 0.5) is 0 Å². The maximum atomic E-state index is 13.1. The smallest absolute Gasteiger partial charge is 0.234 e. The van der Waals surface area contributed by atoms with E-state index >= 15 is 0 Å². The van der Waals surface area contributed by atoms with Gasteiger partial charge in [0, 0.05) is 30.6 Å². The largest absolute Gasteiger partial charge is 0.373 e. The van der Waals surface area contributed by atoms with E-state index in [4.69, 9.17) is 4.74 Å². The van der Waals surface area contributed by atoms with Crippen molar-refractivity contribution in [3.8, 4) is 0 Å². The molecule has 31 heavy (non-hydrogen) atoms. The Morgan fingerprint density at radius 1 is 1.19 bits per heavy atom. The fourth-order valence-corrected chi connectivity index (χ4v) is 5.77. The molecule has 1 amide bonds. The summed E-state index contributed by atoms with van der Waals surface area (Å²) < 4.78 is 5.88. The summed E-state index contributed by atoms with van der Waals surface area (Å²) in [6.07, 6.45) is 2.89. The predicted molar refractivity (Wildman–Crippen MR) is 127 cm³/mol. The number of rotatable bonds is 7. The summed E-state index contributed by atoms with van der Waals surface area (Å²) in [5, 5.41) is 5.39. The van der Waals surface area contributed by atoms with Gasteiger partial charge in [0.2, 0.25) is 5.91 Å². The van der Waals surface area contributed by atoms with E-state index in [0.29, 0.717) is 12.6 Å². The highest BCUT2D eigenvalue weighted by Crippen LogP contribution is 2.27. The van der Waals surface area contributed by atoms with Gasteiger partial charge in [0.25, 0.3) is 0 Å². The molecule has 1 N–H and O–H groups in total. The molecule has 6 heteroatoms. The second-order valence-electron chi connectivity index (χ2n) is 9.17. The quantitative estimate of drug-likeness (QED) is 0.709. The molecule has 2 aromatic rings. The lowest BCUT2D eigenvalue weighted by molar-refractivity contribution is -0.123. The van der Waals surface area contributed by atoms with Gasteiger partial charge in [0.1, 0.15) is 0 Å². The van der Waals surface area contributed by atoms with Gasteiger partial charge in [-0.15, -0.1) is 11.3 Å². The lowest BCUT2D eigenvalue weighted by atomic mass is 10.0. The summed E-state index contributed by atoms with van der Waals surface area (Å²) in [7, 11) is 0. The van der Waals surface area contributed by atoms with E-state index in [1.54, 1.807) is 11.3 Å². The van der Waals surface area contributed by atoms with Crippen LogP contribution in [-0.2, 0) is 9.53 Å². The van der Waals surface area contributed by atoms with Gasteiger partial charge in [0.05, 0.1) is 24.8 Å². The van der Waals surface area contributed by atoms with Gasteiger partial charge in [-0.1, -0.05) is 35.9 Å². The SMILES string of the molecule is Cc1ccc([C@H](NC(=O)CN2CCC[C@@H]2CN2C[C@@H](C)O[C@@H](C)C2)c2cccs2)cc1. The summed E-state index contributed by atoms with van der Waals surface area (Å²) in [6.45, 7) is 10.8. The Balaban J connectivity index is 1.38. The number of hydrogen-bond donors (Lipinski definition) is 1. The third-order valence-electron chi connectivity index (χ3n) is 6.35. The van der Waals surface area contributed by atoms with Gasteiger partial charge in [-0.25, -0.2) is 0 Å². The maximum Gasteiger partial charge on any atom is 0.234 e. The molecule has 0 bridgehead atoms. The number of morpholine rings is 1. The number of benzene rings is 1. The highest BCUT2D eigenvalue weighted by molar-refractivity contribution is 7.10. The summed E-state index contributed by atoms with van der Waals surface area (Å²) in [5.74, 6) is 0.106. The molecule has 2 aliphatic rings. The van der Waals surface area contributed by atoms with Crippen LogP contribution in [0.3, 0.4) is 0 Å². The van der Waals surface area contributed by atoms with Gasteiger partial charge in [-0.05, 0) is 57.2 Å². The number of likely N-dealkylation sites (tertiary alicyclic amines) is 1. The molecule has 5 nitrogen and oxygen atoms in total. The Morgan fingerprint density at radius 3 is 2.61 bits per heavy atom. The third kappa shape index (κ3) is 5.95. The molecule has 2 aliphatic heterocycles. The molecular formula is C25H35N3O2S. The summed E-state index contributed by atoms with van der Waals surface area (Å²) in [5.41, 5.74) is 2.36. The molecule has 3 heterocycles. The van der Waals surface area contributed by atoms with Crippen LogP contribution in [-0.4, -0.2) is 66.7 Å². The number of amides is 1. The van der Waals surface area contributed by atoms with E-state index in [0.717, 1.165) is 31.7 Å². The van der Waals surface area contributed by atoms with E-state index < -0.39 is 0 Å². The normalized spacial score (nSPS) is 26.1. The maximum absolute atomic E-state index is 13.1. The van der Waals surface area contributed by atoms with Gasteiger partial charge >= 0.3 is 0 Å². The summed E-state index contributed by atoms with van der Waals surface area (Å²) >= 11 is 1.69. The topological polar surface area (TPSA) is 44.8 Å². The molecule has 0 spiro atoms. The molecule has 1 aromatic heterocycles. The number of nitrogens with zero attached hydrogens (tertiary/aromatic N) is 2. The first kappa shape index (κ1) is 22.5. The molecule has 0 radical (unpaired) electrons. The molecule has 168 valence electrons. The van der Waals surface area contributed by atoms with Gasteiger partial charge in [-0.2, -0.15) is 0 Å². The van der Waals surface area contributed by atoms with Crippen molar-refractivity contribution in [2.45, 2.75) is 57.9 Å². The number of aryl methyl sites for hydroxylation is 1. The highest BCUT2D eigenvalue weighted by atomic mass is 32.1. The number of thiophene rings is 1. The van der Waals surface area contributed by atoms with Crippen LogP contribution in [0.2, 0.25) is 0 Å². The molecule has 2 saturated heterocycles. The highest BCUT2D eigenvalue weighted by Gasteiger charge is 2.31. The molecule has 2 fully saturated rings. The number of ether oxygens (including phenoxy) is 1. The summed E-state index contributed by atoms with van der Waals surface area (Å²) in [4.78, 5) is 19.2. The minimum Gasteiger partial charge on any atom is -0.373 e. The number of carbonyl (C=O) groups excluding carboxylic acids is 1. The Labute approximate surface area is 190 Å². The predicted octanol–water partition coefficient (Wildman–Crippen LogP) is 3.84. The fraction of sp³-hybridized carbons (Fsp3) is 0.560. The summed E-state index contributed by atoms with van der Waals surface area (Å²) in [6, 6.07) is 13.0. The zero-order chi connectivity index (χ0) is 21.8. The van der Waals surface area contributed by atoms with Crippen LogP contribution in [0.15, 0.2) is 41.8 Å². The second-order valence-corrected chi connectivity index (χ2v) is 10.1. The van der Waals surface area contributed by atoms with Gasteiger partial charge in [0.15, 0.2) is 0 Å². The van der Waals surface area contributed by atoms with Gasteiger partial charge in [-0.3, -0.25) is 14.6 Å². The minimum atomic E-state index is -0.0879. The standard InChI is InChI=1S/C25H35N3O2S/c1-18-8-10-21(11-9-18)25(23-7-5-13-31-23)26-24(29)17-28-12-4-6-22(28)16-27-14-19(2)30-20(3)15-27/h5,7-11,13,19-20,22,25H,4,6,12,14-17H2,1-3H3,(H,26,29)/t19-,20+,22-,25+/m1/s1. The first-order valence-corrected chi connectivity index (χ1v) is 12.4. The average Bonchev–Trinajstić information content (AvgIpc) is 3.39. The van der Waals surface area contributed by atoms with E-state index in [9.17, 15) is 4.79 Å². The van der Waals surface area contributed by atoms with Gasteiger partial charge < -0.3 is 10.1 Å². The third-order valence-corrected chi connectivity index (χ3v) is 7.29. The zero-order valence-electron chi connectivity index (χ0n) is 18.9. The molecular weight excluding hydrogens is 406 g/mol. The van der Waals surface area contributed by atoms with Crippen LogP contribution >= 0.6 is 11.3 Å². The Morgan fingerprint density at radius 2 is 1.94 bits per heavy atom. The van der Waals surface area contributed by atoms with Crippen LogP contribution in [0.25, 0.3) is 0 Å². The minimum absolute atomic E-state index is 0.0879. The van der Waals surface area contributed by atoms with Crippen molar-refractivity contribution in [2.24, 2.45) is 0 Å². The zero-order valence-corrected chi connectivity index (χ0v) is 19.7. The monoisotopic (exact) mass is 441 g/mol. The lowest BCUT2D eigenvalue weighted by Crippen LogP contribution is -2.51. The van der Waals surface area contributed by atoms with E-state index in [2.05, 4.69) is 71.6 Å². The van der Waals surface area contributed by atoms with Crippen molar-refractivity contribution in [1.29, 1.82) is 0 Å². The number of carbonyl (C=O) groups is 1. The van der Waals surface area contributed by atoms with E-state index in [1.807, 2.05) is 6.07 Å². The number of nitrogens with one attached hydrogen (secondary N) is 1. The number of hydrogen-bond acceptors (Lipinski definition) is 5. The van der Waals surface area contributed by atoms with Crippen molar-refractivity contribution in [2.75, 3.05) is 32.7 Å². The molecule has 0 aliphatic carbocycles. The Bertz CT molecular complexity index is 829. The van der Waals surface area contributed by atoms with Crippen molar-refractivity contribution >= 4 is 17.2 Å². The van der Waals surface area contributed by atoms with Crippen molar-refractivity contribution in [1.82, 2.24) is 15.1 Å². The van der Waals surface area contributed by atoms with Crippen LogP contribution in [0.1, 0.15) is 48.7 Å². The molecule has 0 unspecified atom stereocenters. The van der Waals surface area contributed by atoms with Crippen LogP contribution in [0, 0.1) is 6.92 Å². The molecule has 1 aromatic carbocycles.